The maximum atomic E-state index is 10.7. The molecule has 0 atom stereocenters. The predicted octanol–water partition coefficient (Wildman–Crippen LogP) is 4.16. The molecule has 116 valence electrons. The molecule has 0 heterocycles. The summed E-state index contributed by atoms with van der Waals surface area (Å²) in [6.07, 6.45) is 5.88. The van der Waals surface area contributed by atoms with Crippen LogP contribution in [0, 0.1) is 20.2 Å². The van der Waals surface area contributed by atoms with Crippen molar-refractivity contribution < 1.29 is 14.6 Å². The molecule has 23 heavy (non-hydrogen) atoms. The standard InChI is InChI=1S/C16H12N2O5/c19-17(20)15-5-1-3-13(11-15)7-9-23-10-8-14-4-2-6-16(12-14)18(21)22/h1-12H. The van der Waals surface area contributed by atoms with Crippen molar-refractivity contribution in [3.05, 3.63) is 92.4 Å². The Morgan fingerprint density at radius 2 is 1.22 bits per heavy atom. The lowest BCUT2D eigenvalue weighted by Crippen LogP contribution is -1.87. The molecule has 0 saturated heterocycles. The quantitative estimate of drug-likeness (QED) is 0.453. The number of ether oxygens (including phenoxy) is 1. The third-order valence-corrected chi connectivity index (χ3v) is 2.84. The van der Waals surface area contributed by atoms with Gasteiger partial charge < -0.3 is 4.74 Å². The molecule has 0 saturated carbocycles. The average Bonchev–Trinajstić information content (AvgIpc) is 2.55. The highest BCUT2D eigenvalue weighted by Gasteiger charge is 2.04. The van der Waals surface area contributed by atoms with Gasteiger partial charge in [-0.25, -0.2) is 0 Å². The second-order valence-corrected chi connectivity index (χ2v) is 4.45. The van der Waals surface area contributed by atoms with E-state index in [1.165, 1.54) is 36.8 Å². The van der Waals surface area contributed by atoms with Crippen molar-refractivity contribution in [3.63, 3.8) is 0 Å². The highest BCUT2D eigenvalue weighted by Crippen LogP contribution is 2.15. The molecule has 2 aromatic rings. The summed E-state index contributed by atoms with van der Waals surface area (Å²) in [5.41, 5.74) is 1.25. The van der Waals surface area contributed by atoms with Crippen LogP contribution < -0.4 is 0 Å². The molecule has 0 amide bonds. The second kappa shape index (κ2) is 7.51. The zero-order chi connectivity index (χ0) is 16.7. The summed E-state index contributed by atoms with van der Waals surface area (Å²) in [5.74, 6) is 0. The molecule has 0 spiro atoms. The Hall–Kier alpha value is -3.48. The van der Waals surface area contributed by atoms with Crippen molar-refractivity contribution in [1.29, 1.82) is 0 Å². The Kier molecular flexibility index (Phi) is 5.19. The highest BCUT2D eigenvalue weighted by molar-refractivity contribution is 5.54. The van der Waals surface area contributed by atoms with Crippen molar-refractivity contribution in [2.45, 2.75) is 0 Å². The highest BCUT2D eigenvalue weighted by atomic mass is 16.6. The summed E-state index contributed by atoms with van der Waals surface area (Å²) in [6, 6.07) is 12.2. The Labute approximate surface area is 131 Å². The van der Waals surface area contributed by atoms with Gasteiger partial charge in [0.2, 0.25) is 0 Å². The molecule has 0 aliphatic rings. The molecule has 0 unspecified atom stereocenters. The van der Waals surface area contributed by atoms with Gasteiger partial charge in [0.05, 0.1) is 22.4 Å². The zero-order valence-corrected chi connectivity index (χ0v) is 11.9. The Bertz CT molecular complexity index is 718. The number of benzene rings is 2. The Balaban J connectivity index is 1.96. The van der Waals surface area contributed by atoms with Crippen LogP contribution in [-0.4, -0.2) is 9.85 Å². The molecule has 0 aliphatic carbocycles. The summed E-state index contributed by atoms with van der Waals surface area (Å²) >= 11 is 0. The van der Waals surface area contributed by atoms with E-state index in [1.54, 1.807) is 36.4 Å². The topological polar surface area (TPSA) is 95.5 Å². The van der Waals surface area contributed by atoms with E-state index in [0.717, 1.165) is 0 Å². The van der Waals surface area contributed by atoms with Crippen molar-refractivity contribution in [2.24, 2.45) is 0 Å². The molecule has 2 aromatic carbocycles. The lowest BCUT2D eigenvalue weighted by molar-refractivity contribution is -0.385. The van der Waals surface area contributed by atoms with Gasteiger partial charge >= 0.3 is 0 Å². The SMILES string of the molecule is O=[N+]([O-])c1cccc(C=COC=Cc2cccc([N+](=O)[O-])c2)c1. The average molecular weight is 312 g/mol. The van der Waals surface area contributed by atoms with Crippen LogP contribution in [0.15, 0.2) is 61.1 Å². The third kappa shape index (κ3) is 4.78. The number of nitro groups is 2. The van der Waals surface area contributed by atoms with E-state index in [2.05, 4.69) is 0 Å². The van der Waals surface area contributed by atoms with Crippen LogP contribution in [0.25, 0.3) is 12.2 Å². The zero-order valence-electron chi connectivity index (χ0n) is 11.9. The Morgan fingerprint density at radius 3 is 1.61 bits per heavy atom. The maximum Gasteiger partial charge on any atom is 0.270 e. The minimum Gasteiger partial charge on any atom is -0.473 e. The van der Waals surface area contributed by atoms with Gasteiger partial charge in [0.25, 0.3) is 11.4 Å². The van der Waals surface area contributed by atoms with Gasteiger partial charge in [-0.05, 0) is 23.3 Å². The molecule has 0 fully saturated rings. The van der Waals surface area contributed by atoms with Crippen LogP contribution in [0.3, 0.4) is 0 Å². The van der Waals surface area contributed by atoms with E-state index >= 15 is 0 Å². The number of nitro benzene ring substituents is 2. The first-order valence-electron chi connectivity index (χ1n) is 6.54. The van der Waals surface area contributed by atoms with Crippen LogP contribution in [0.1, 0.15) is 11.1 Å². The van der Waals surface area contributed by atoms with Crippen LogP contribution in [0.5, 0.6) is 0 Å². The second-order valence-electron chi connectivity index (χ2n) is 4.45. The van der Waals surface area contributed by atoms with Crippen molar-refractivity contribution in [2.75, 3.05) is 0 Å². The smallest absolute Gasteiger partial charge is 0.270 e. The maximum absolute atomic E-state index is 10.7. The molecule has 0 bridgehead atoms. The predicted molar refractivity (Wildman–Crippen MR) is 85.3 cm³/mol. The van der Waals surface area contributed by atoms with Gasteiger partial charge in [-0.1, -0.05) is 24.3 Å². The Morgan fingerprint density at radius 1 is 0.783 bits per heavy atom. The van der Waals surface area contributed by atoms with Crippen LogP contribution in [0.2, 0.25) is 0 Å². The lowest BCUT2D eigenvalue weighted by atomic mass is 10.2. The molecule has 7 heteroatoms. The number of hydrogen-bond donors (Lipinski definition) is 0. The first kappa shape index (κ1) is 15.9. The molecule has 0 aromatic heterocycles. The number of non-ortho nitro benzene ring substituents is 2. The van der Waals surface area contributed by atoms with Crippen molar-refractivity contribution in [3.8, 4) is 0 Å². The van der Waals surface area contributed by atoms with Gasteiger partial charge in [-0.2, -0.15) is 0 Å². The monoisotopic (exact) mass is 312 g/mol. The van der Waals surface area contributed by atoms with E-state index in [1.807, 2.05) is 0 Å². The van der Waals surface area contributed by atoms with E-state index in [-0.39, 0.29) is 11.4 Å². The first-order valence-corrected chi connectivity index (χ1v) is 6.54. The van der Waals surface area contributed by atoms with E-state index < -0.39 is 9.85 Å². The molecule has 0 radical (unpaired) electrons. The van der Waals surface area contributed by atoms with Crippen molar-refractivity contribution in [1.82, 2.24) is 0 Å². The largest absolute Gasteiger partial charge is 0.473 e. The van der Waals surface area contributed by atoms with Gasteiger partial charge in [0.1, 0.15) is 0 Å². The van der Waals surface area contributed by atoms with E-state index in [9.17, 15) is 20.2 Å². The minimum absolute atomic E-state index is 0.000660. The van der Waals surface area contributed by atoms with Gasteiger partial charge in [0, 0.05) is 24.3 Å². The third-order valence-electron chi connectivity index (χ3n) is 2.84. The first-order chi connectivity index (χ1) is 11.1. The molecule has 2 rings (SSSR count). The fourth-order valence-corrected chi connectivity index (χ4v) is 1.77. The van der Waals surface area contributed by atoms with Gasteiger partial charge in [0.15, 0.2) is 0 Å². The molecule has 7 nitrogen and oxygen atoms in total. The summed E-state index contributed by atoms with van der Waals surface area (Å²) in [5, 5.41) is 21.3. The molecule has 0 aliphatic heterocycles. The number of hydrogen-bond acceptors (Lipinski definition) is 5. The summed E-state index contributed by atoms with van der Waals surface area (Å²) in [4.78, 5) is 20.4. The van der Waals surface area contributed by atoms with Crippen LogP contribution in [-0.2, 0) is 4.74 Å². The summed E-state index contributed by atoms with van der Waals surface area (Å²) in [6.45, 7) is 0. The minimum atomic E-state index is -0.472. The van der Waals surface area contributed by atoms with E-state index in [4.69, 9.17) is 4.74 Å². The molecule has 0 N–H and O–H groups in total. The van der Waals surface area contributed by atoms with E-state index in [0.29, 0.717) is 11.1 Å². The lowest BCUT2D eigenvalue weighted by Gasteiger charge is -1.95. The number of rotatable bonds is 6. The van der Waals surface area contributed by atoms with Gasteiger partial charge in [-0.15, -0.1) is 0 Å². The fraction of sp³-hybridized carbons (Fsp3) is 0. The van der Waals surface area contributed by atoms with Crippen LogP contribution in [0.4, 0.5) is 11.4 Å². The molecular weight excluding hydrogens is 300 g/mol. The molecular formula is C16H12N2O5. The number of nitrogens with zero attached hydrogens (tertiary/aromatic N) is 2. The summed E-state index contributed by atoms with van der Waals surface area (Å²) < 4.78 is 5.14. The summed E-state index contributed by atoms with van der Waals surface area (Å²) in [7, 11) is 0. The van der Waals surface area contributed by atoms with Crippen molar-refractivity contribution >= 4 is 23.5 Å². The van der Waals surface area contributed by atoms with Crippen LogP contribution >= 0.6 is 0 Å². The van der Waals surface area contributed by atoms with Gasteiger partial charge in [-0.3, -0.25) is 20.2 Å². The fourth-order valence-electron chi connectivity index (χ4n) is 1.77. The normalized spacial score (nSPS) is 11.0.